The van der Waals surface area contributed by atoms with Crippen LogP contribution in [0.2, 0.25) is 0 Å². The monoisotopic (exact) mass is 206 g/mol. The van der Waals surface area contributed by atoms with Crippen LogP contribution in [0.25, 0.3) is 0 Å². The van der Waals surface area contributed by atoms with Crippen LogP contribution in [0.5, 0.6) is 0 Å². The highest BCUT2D eigenvalue weighted by Gasteiger charge is 2.54. The molecule has 1 saturated heterocycles. The molecule has 0 radical (unpaired) electrons. The van der Waals surface area contributed by atoms with Crippen molar-refractivity contribution >= 4 is 6.09 Å². The molecule has 0 unspecified atom stereocenters. The fraction of sp³-hybridized carbons (Fsp3) is 0.400. The summed E-state index contributed by atoms with van der Waals surface area (Å²) >= 11 is 0. The van der Waals surface area contributed by atoms with Crippen LogP contribution in [0, 0.1) is 0 Å². The van der Waals surface area contributed by atoms with Gasteiger partial charge in [-0.05, 0) is 11.6 Å². The quantitative estimate of drug-likeness (QED) is 0.682. The largest absolute Gasteiger partial charge is 0.465 e. The van der Waals surface area contributed by atoms with Crippen LogP contribution in [-0.4, -0.2) is 34.3 Å². The molecule has 1 spiro atoms. The van der Waals surface area contributed by atoms with Crippen LogP contribution in [-0.2, 0) is 16.8 Å². The van der Waals surface area contributed by atoms with Gasteiger partial charge in [-0.15, -0.1) is 0 Å². The zero-order valence-corrected chi connectivity index (χ0v) is 8.01. The van der Waals surface area contributed by atoms with E-state index in [1.54, 1.807) is 6.20 Å². The van der Waals surface area contributed by atoms with E-state index in [0.717, 1.165) is 11.3 Å². The molecule has 2 aliphatic rings. The Hall–Kier alpha value is -1.62. The normalized spacial score (nSPS) is 21.2. The van der Waals surface area contributed by atoms with Crippen LogP contribution < -0.4 is 0 Å². The molecule has 3 heterocycles. The fourth-order valence-corrected chi connectivity index (χ4v) is 2.27. The maximum absolute atomic E-state index is 11.1. The van der Waals surface area contributed by atoms with Gasteiger partial charge in [0.2, 0.25) is 0 Å². The van der Waals surface area contributed by atoms with Gasteiger partial charge in [0, 0.05) is 6.20 Å². The lowest BCUT2D eigenvalue weighted by Crippen LogP contribution is -2.57. The van der Waals surface area contributed by atoms with Crippen molar-refractivity contribution in [1.29, 1.82) is 0 Å². The fourth-order valence-electron chi connectivity index (χ4n) is 2.27. The molecular formula is C10H10N2O3. The Bertz CT molecular complexity index is 428. The molecule has 3 rings (SSSR count). The van der Waals surface area contributed by atoms with Gasteiger partial charge in [-0.25, -0.2) is 4.79 Å². The second kappa shape index (κ2) is 2.70. The molecule has 1 N–H and O–H groups in total. The Morgan fingerprint density at radius 2 is 2.40 bits per heavy atom. The summed E-state index contributed by atoms with van der Waals surface area (Å²) in [5, 5.41) is 9.13. The zero-order valence-electron chi connectivity index (χ0n) is 8.01. The first-order valence-electron chi connectivity index (χ1n) is 4.77. The van der Waals surface area contributed by atoms with Gasteiger partial charge in [0.15, 0.2) is 0 Å². The average molecular weight is 206 g/mol. The minimum atomic E-state index is -0.906. The van der Waals surface area contributed by atoms with Crippen LogP contribution >= 0.6 is 0 Å². The molecule has 5 nitrogen and oxygen atoms in total. The summed E-state index contributed by atoms with van der Waals surface area (Å²) < 4.78 is 5.15. The number of carbonyl (C=O) groups is 1. The number of carboxylic acid groups (broad SMARTS) is 1. The summed E-state index contributed by atoms with van der Waals surface area (Å²) in [4.78, 5) is 16.8. The first kappa shape index (κ1) is 8.67. The highest BCUT2D eigenvalue weighted by atomic mass is 16.5. The number of ether oxygens (including phenoxy) is 1. The Morgan fingerprint density at radius 1 is 1.60 bits per heavy atom. The van der Waals surface area contributed by atoms with Crippen molar-refractivity contribution in [2.75, 3.05) is 13.2 Å². The molecular weight excluding hydrogens is 196 g/mol. The van der Waals surface area contributed by atoms with Gasteiger partial charge < -0.3 is 9.84 Å². The maximum atomic E-state index is 11.1. The Morgan fingerprint density at radius 3 is 3.00 bits per heavy atom. The number of aromatic nitrogens is 1. The number of hydrogen-bond donors (Lipinski definition) is 1. The van der Waals surface area contributed by atoms with Crippen LogP contribution in [0.15, 0.2) is 18.3 Å². The zero-order chi connectivity index (χ0) is 10.5. The van der Waals surface area contributed by atoms with E-state index in [2.05, 4.69) is 4.98 Å². The highest BCUT2D eigenvalue weighted by molar-refractivity contribution is 5.68. The molecule has 0 aromatic carbocycles. The molecule has 1 amide bonds. The predicted molar refractivity (Wildman–Crippen MR) is 50.3 cm³/mol. The molecule has 5 heteroatoms. The molecule has 0 atom stereocenters. The summed E-state index contributed by atoms with van der Waals surface area (Å²) in [6, 6.07) is 3.75. The van der Waals surface area contributed by atoms with Gasteiger partial charge in [0.1, 0.15) is 5.54 Å². The Kier molecular flexibility index (Phi) is 1.56. The van der Waals surface area contributed by atoms with E-state index >= 15 is 0 Å². The van der Waals surface area contributed by atoms with E-state index in [9.17, 15) is 4.79 Å². The van der Waals surface area contributed by atoms with Gasteiger partial charge in [0.25, 0.3) is 0 Å². The van der Waals surface area contributed by atoms with Gasteiger partial charge in [-0.3, -0.25) is 9.88 Å². The smallest absolute Gasteiger partial charge is 0.408 e. The van der Waals surface area contributed by atoms with E-state index in [0.29, 0.717) is 19.8 Å². The van der Waals surface area contributed by atoms with Crippen molar-refractivity contribution < 1.29 is 14.6 Å². The average Bonchev–Trinajstić information content (AvgIpc) is 2.51. The minimum absolute atomic E-state index is 0.419. The van der Waals surface area contributed by atoms with E-state index in [1.165, 1.54) is 4.90 Å². The SMILES string of the molecule is O=C(O)N1Cc2cccnc2C12COC2. The van der Waals surface area contributed by atoms with Crippen molar-refractivity contribution in [3.05, 3.63) is 29.6 Å². The molecule has 1 aromatic heterocycles. The highest BCUT2D eigenvalue weighted by Crippen LogP contribution is 2.42. The number of pyridine rings is 1. The molecule has 15 heavy (non-hydrogen) atoms. The maximum Gasteiger partial charge on any atom is 0.408 e. The molecule has 78 valence electrons. The van der Waals surface area contributed by atoms with Crippen LogP contribution in [0.4, 0.5) is 4.79 Å². The lowest BCUT2D eigenvalue weighted by atomic mass is 9.92. The van der Waals surface area contributed by atoms with Crippen LogP contribution in [0.1, 0.15) is 11.3 Å². The van der Waals surface area contributed by atoms with Crippen LogP contribution in [0.3, 0.4) is 0 Å². The van der Waals surface area contributed by atoms with Gasteiger partial charge in [-0.2, -0.15) is 0 Å². The topological polar surface area (TPSA) is 62.7 Å². The standard InChI is InChI=1S/C10H10N2O3/c13-9(14)12-4-7-2-1-3-11-8(7)10(12)5-15-6-10/h1-3H,4-6H2,(H,13,14). The number of nitrogens with zero attached hydrogens (tertiary/aromatic N) is 2. The van der Waals surface area contributed by atoms with E-state index in [-0.39, 0.29) is 0 Å². The van der Waals surface area contributed by atoms with Gasteiger partial charge in [-0.1, -0.05) is 6.07 Å². The van der Waals surface area contributed by atoms with Gasteiger partial charge >= 0.3 is 6.09 Å². The van der Waals surface area contributed by atoms with E-state index in [1.807, 2.05) is 12.1 Å². The van der Waals surface area contributed by atoms with Crippen molar-refractivity contribution in [2.45, 2.75) is 12.1 Å². The van der Waals surface area contributed by atoms with E-state index < -0.39 is 11.6 Å². The lowest BCUT2D eigenvalue weighted by Gasteiger charge is -2.43. The summed E-state index contributed by atoms with van der Waals surface area (Å²) in [5.41, 5.74) is 1.34. The Balaban J connectivity index is 2.11. The second-order valence-electron chi connectivity index (χ2n) is 3.90. The number of rotatable bonds is 0. The number of hydrogen-bond acceptors (Lipinski definition) is 3. The lowest BCUT2D eigenvalue weighted by molar-refractivity contribution is -0.129. The molecule has 1 fully saturated rings. The van der Waals surface area contributed by atoms with Crippen molar-refractivity contribution in [2.24, 2.45) is 0 Å². The molecule has 0 bridgehead atoms. The minimum Gasteiger partial charge on any atom is -0.465 e. The summed E-state index contributed by atoms with van der Waals surface area (Å²) in [7, 11) is 0. The first-order chi connectivity index (χ1) is 7.24. The predicted octanol–water partition coefficient (Wildman–Crippen LogP) is 0.801. The third-order valence-electron chi connectivity index (χ3n) is 3.09. The third-order valence-corrected chi connectivity index (χ3v) is 3.09. The summed E-state index contributed by atoms with van der Waals surface area (Å²) in [5.74, 6) is 0. The molecule has 1 aromatic rings. The van der Waals surface area contributed by atoms with E-state index in [4.69, 9.17) is 9.84 Å². The number of fused-ring (bicyclic) bond motifs is 2. The van der Waals surface area contributed by atoms with Crippen molar-refractivity contribution in [3.8, 4) is 0 Å². The molecule has 2 aliphatic heterocycles. The molecule has 0 saturated carbocycles. The Labute approximate surface area is 86.3 Å². The van der Waals surface area contributed by atoms with Gasteiger partial charge in [0.05, 0.1) is 25.5 Å². The number of amides is 1. The molecule has 0 aliphatic carbocycles. The second-order valence-corrected chi connectivity index (χ2v) is 3.90. The third kappa shape index (κ3) is 0.955. The summed E-state index contributed by atoms with van der Waals surface area (Å²) in [6.07, 6.45) is 0.792. The summed E-state index contributed by atoms with van der Waals surface area (Å²) in [6.45, 7) is 1.26. The van der Waals surface area contributed by atoms with Crippen molar-refractivity contribution in [1.82, 2.24) is 9.88 Å². The van der Waals surface area contributed by atoms with Crippen molar-refractivity contribution in [3.63, 3.8) is 0 Å². The first-order valence-corrected chi connectivity index (χ1v) is 4.77.